The highest BCUT2D eigenvalue weighted by Gasteiger charge is 2.27. The van der Waals surface area contributed by atoms with E-state index in [4.69, 9.17) is 20.9 Å². The van der Waals surface area contributed by atoms with Crippen molar-refractivity contribution in [1.29, 1.82) is 0 Å². The summed E-state index contributed by atoms with van der Waals surface area (Å²) >= 11 is 0. The zero-order valence-electron chi connectivity index (χ0n) is 19.0. The number of nitrogens with one attached hydrogen (secondary N) is 1. The molecule has 1 aliphatic heterocycles. The summed E-state index contributed by atoms with van der Waals surface area (Å²) < 4.78 is 40.6. The van der Waals surface area contributed by atoms with E-state index in [0.29, 0.717) is 18.8 Å². The Morgan fingerprint density at radius 1 is 1.26 bits per heavy atom. The average molecular weight is 485 g/mol. The van der Waals surface area contributed by atoms with E-state index >= 15 is 0 Å². The molecule has 1 fully saturated rings. The van der Waals surface area contributed by atoms with Crippen LogP contribution >= 0.6 is 0 Å². The first-order valence-electron chi connectivity index (χ1n) is 11.0. The molecule has 0 aliphatic carbocycles. The van der Waals surface area contributed by atoms with Crippen molar-refractivity contribution in [2.24, 2.45) is 5.73 Å². The van der Waals surface area contributed by atoms with Crippen LogP contribution in [0.3, 0.4) is 0 Å². The normalized spacial score (nSPS) is 15.6. The lowest BCUT2D eigenvalue weighted by Gasteiger charge is -2.23. The number of carbonyl (C=O) groups is 2. The summed E-state index contributed by atoms with van der Waals surface area (Å²) in [5, 5.41) is 7.01. The third-order valence-corrected chi connectivity index (χ3v) is 5.85. The molecule has 2 amide bonds. The minimum Gasteiger partial charge on any atom is -0.496 e. The van der Waals surface area contributed by atoms with E-state index in [1.807, 2.05) is 0 Å². The fraction of sp³-hybridized carbons (Fsp3) is 0.292. The predicted octanol–water partition coefficient (Wildman–Crippen LogP) is 2.80. The second-order valence-electron chi connectivity index (χ2n) is 8.12. The molecule has 2 heterocycles. The number of rotatable bonds is 7. The number of ether oxygens (including phenoxy) is 2. The van der Waals surface area contributed by atoms with Gasteiger partial charge in [0.05, 0.1) is 25.3 Å². The number of amides is 2. The minimum absolute atomic E-state index is 0.00854. The van der Waals surface area contributed by atoms with Gasteiger partial charge >= 0.3 is 0 Å². The molecule has 5 N–H and O–H groups in total. The molecule has 1 unspecified atom stereocenters. The Kier molecular flexibility index (Phi) is 6.97. The lowest BCUT2D eigenvalue weighted by molar-refractivity contribution is 0.0558. The maximum atomic E-state index is 15.0. The van der Waals surface area contributed by atoms with Crippen molar-refractivity contribution in [3.63, 3.8) is 0 Å². The fourth-order valence-electron chi connectivity index (χ4n) is 4.05. The quantitative estimate of drug-likeness (QED) is 0.471. The van der Waals surface area contributed by atoms with E-state index in [2.05, 4.69) is 10.4 Å². The molecule has 1 aromatic heterocycles. The first-order valence-corrected chi connectivity index (χ1v) is 11.0. The van der Waals surface area contributed by atoms with E-state index in [1.165, 1.54) is 36.1 Å². The van der Waals surface area contributed by atoms with Crippen LogP contribution in [0.2, 0.25) is 0 Å². The molecule has 4 rings (SSSR count). The van der Waals surface area contributed by atoms with E-state index in [1.54, 1.807) is 6.07 Å². The number of aromatic nitrogens is 2. The first-order chi connectivity index (χ1) is 16.8. The van der Waals surface area contributed by atoms with Crippen molar-refractivity contribution in [1.82, 2.24) is 15.1 Å². The van der Waals surface area contributed by atoms with Crippen LogP contribution in [0.25, 0.3) is 11.3 Å². The number of anilines is 1. The van der Waals surface area contributed by atoms with Gasteiger partial charge in [-0.1, -0.05) is 12.1 Å². The molecule has 1 aliphatic rings. The number of hydrogen-bond acceptors (Lipinski definition) is 6. The molecule has 184 valence electrons. The van der Waals surface area contributed by atoms with Gasteiger partial charge in [-0.05, 0) is 37.1 Å². The van der Waals surface area contributed by atoms with Crippen molar-refractivity contribution in [3.8, 4) is 17.0 Å². The minimum atomic E-state index is -0.777. The highest BCUT2D eigenvalue weighted by molar-refractivity contribution is 6.03. The number of nitrogen functional groups attached to an aromatic ring is 1. The Labute approximate surface area is 200 Å². The van der Waals surface area contributed by atoms with Crippen LogP contribution in [0.15, 0.2) is 36.4 Å². The Hall–Kier alpha value is -3.99. The molecule has 9 nitrogen and oxygen atoms in total. The number of carbonyl (C=O) groups excluding carboxylic acids is 2. The van der Waals surface area contributed by atoms with Crippen molar-refractivity contribution in [2.45, 2.75) is 25.4 Å². The lowest BCUT2D eigenvalue weighted by atomic mass is 10.0. The van der Waals surface area contributed by atoms with Crippen molar-refractivity contribution in [2.75, 3.05) is 26.1 Å². The number of nitrogens with zero attached hydrogens (tertiary/aromatic N) is 2. The largest absolute Gasteiger partial charge is 0.496 e. The van der Waals surface area contributed by atoms with Gasteiger partial charge in [0.25, 0.3) is 11.8 Å². The van der Waals surface area contributed by atoms with Gasteiger partial charge < -0.3 is 26.3 Å². The Bertz CT molecular complexity index is 1270. The number of methoxy groups -OCH3 is 1. The summed E-state index contributed by atoms with van der Waals surface area (Å²) in [6.45, 7) is 0.873. The van der Waals surface area contributed by atoms with Crippen molar-refractivity contribution >= 4 is 17.6 Å². The lowest BCUT2D eigenvalue weighted by Crippen LogP contribution is -2.24. The van der Waals surface area contributed by atoms with Crippen molar-refractivity contribution < 1.29 is 27.8 Å². The molecule has 1 saturated heterocycles. The van der Waals surface area contributed by atoms with E-state index < -0.39 is 23.4 Å². The molecule has 2 aromatic carbocycles. The van der Waals surface area contributed by atoms with Crippen LogP contribution in [0, 0.1) is 11.6 Å². The van der Waals surface area contributed by atoms with Crippen LogP contribution in [-0.4, -0.2) is 41.9 Å². The number of hydrogen-bond donors (Lipinski definition) is 3. The zero-order chi connectivity index (χ0) is 25.1. The number of benzene rings is 2. The number of primary amides is 1. The molecule has 11 heteroatoms. The third-order valence-electron chi connectivity index (χ3n) is 5.85. The third kappa shape index (κ3) is 4.94. The molecular formula is C24H25F2N5O4. The highest BCUT2D eigenvalue weighted by atomic mass is 19.1. The highest BCUT2D eigenvalue weighted by Crippen LogP contribution is 2.32. The summed E-state index contributed by atoms with van der Waals surface area (Å²) in [6, 6.07) is 7.59. The molecular weight excluding hydrogens is 460 g/mol. The Morgan fingerprint density at radius 2 is 2.06 bits per heavy atom. The summed E-state index contributed by atoms with van der Waals surface area (Å²) in [5.41, 5.74) is 12.4. The molecule has 0 spiro atoms. The van der Waals surface area contributed by atoms with Gasteiger partial charge in [0, 0.05) is 24.3 Å². The monoisotopic (exact) mass is 485 g/mol. The van der Waals surface area contributed by atoms with Gasteiger partial charge in [0.1, 0.15) is 34.5 Å². The van der Waals surface area contributed by atoms with Gasteiger partial charge in [-0.25, -0.2) is 13.5 Å². The predicted molar refractivity (Wildman–Crippen MR) is 124 cm³/mol. The zero-order valence-corrected chi connectivity index (χ0v) is 19.0. The molecule has 0 bridgehead atoms. The van der Waals surface area contributed by atoms with E-state index in [0.717, 1.165) is 18.9 Å². The van der Waals surface area contributed by atoms with Crippen LogP contribution in [0.4, 0.5) is 14.6 Å². The summed E-state index contributed by atoms with van der Waals surface area (Å²) in [7, 11) is 1.36. The van der Waals surface area contributed by atoms with Gasteiger partial charge in [-0.15, -0.1) is 0 Å². The smallest absolute Gasteiger partial charge is 0.255 e. The van der Waals surface area contributed by atoms with E-state index in [-0.39, 0.29) is 46.5 Å². The summed E-state index contributed by atoms with van der Waals surface area (Å²) in [5.74, 6) is -2.35. The summed E-state index contributed by atoms with van der Waals surface area (Å²) in [6.07, 6.45) is 1.59. The van der Waals surface area contributed by atoms with Crippen LogP contribution in [-0.2, 0) is 11.3 Å². The van der Waals surface area contributed by atoms with Crippen LogP contribution in [0.1, 0.15) is 45.2 Å². The number of nitrogens with two attached hydrogens (primary N) is 2. The van der Waals surface area contributed by atoms with Gasteiger partial charge in [0.2, 0.25) is 0 Å². The van der Waals surface area contributed by atoms with E-state index in [9.17, 15) is 18.4 Å². The molecule has 0 radical (unpaired) electrons. The standard InChI is InChI=1S/C24H25F2N5O4/c1-34-19-7-6-15(25)10-17(19)24(33)29-11-14-5-4-13(9-18(14)26)21-20(23(28)32)22(27)31(30-21)16-3-2-8-35-12-16/h4-7,9-10,16H,2-3,8,11-12,27H2,1H3,(H2,28,32)(H,29,33). The van der Waals surface area contributed by atoms with Gasteiger partial charge in [-0.2, -0.15) is 5.10 Å². The average Bonchev–Trinajstić information content (AvgIpc) is 3.20. The van der Waals surface area contributed by atoms with Crippen molar-refractivity contribution in [3.05, 3.63) is 64.7 Å². The first kappa shape index (κ1) is 24.1. The molecule has 35 heavy (non-hydrogen) atoms. The fourth-order valence-corrected chi connectivity index (χ4v) is 4.05. The molecule has 3 aromatic rings. The second-order valence-corrected chi connectivity index (χ2v) is 8.12. The van der Waals surface area contributed by atoms with Gasteiger partial charge in [-0.3, -0.25) is 9.59 Å². The topological polar surface area (TPSA) is 134 Å². The maximum Gasteiger partial charge on any atom is 0.255 e. The summed E-state index contributed by atoms with van der Waals surface area (Å²) in [4.78, 5) is 24.6. The SMILES string of the molecule is COc1ccc(F)cc1C(=O)NCc1ccc(-c2nn(C3CCCOC3)c(N)c2C(N)=O)cc1F. The molecule has 0 saturated carbocycles. The van der Waals surface area contributed by atoms with Gasteiger partial charge in [0.15, 0.2) is 0 Å². The van der Waals surface area contributed by atoms with Crippen LogP contribution < -0.4 is 21.5 Å². The maximum absolute atomic E-state index is 15.0. The molecule has 1 atom stereocenters. The Balaban J connectivity index is 1.57. The second kappa shape index (κ2) is 10.1. The number of halogens is 2. The Morgan fingerprint density at radius 3 is 2.71 bits per heavy atom. The van der Waals surface area contributed by atoms with Crippen LogP contribution in [0.5, 0.6) is 5.75 Å².